The highest BCUT2D eigenvalue weighted by Gasteiger charge is 2.38. The van der Waals surface area contributed by atoms with Crippen LogP contribution >= 0.6 is 45.3 Å². The van der Waals surface area contributed by atoms with Crippen LogP contribution in [0.25, 0.3) is 40.9 Å². The first-order valence-electron chi connectivity index (χ1n) is 44.1. The second-order valence-corrected chi connectivity index (χ2v) is 38.9. The first-order chi connectivity index (χ1) is 61.0. The van der Waals surface area contributed by atoms with Gasteiger partial charge in [0, 0.05) is 201 Å². The lowest BCUT2D eigenvalue weighted by Crippen LogP contribution is -2.64. The molecule has 21 rings (SSSR count). The Morgan fingerprint density at radius 3 is 1.02 bits per heavy atom. The van der Waals surface area contributed by atoms with E-state index in [-0.39, 0.29) is 47.8 Å². The van der Waals surface area contributed by atoms with Crippen molar-refractivity contribution in [1.29, 1.82) is 0 Å². The van der Waals surface area contributed by atoms with E-state index < -0.39 is 0 Å². The number of nitrogens with zero attached hydrogens (tertiary/aromatic N) is 11. The van der Waals surface area contributed by atoms with Gasteiger partial charge >= 0.3 is 0 Å². The number of anilines is 8. The number of ether oxygens (including phenoxy) is 2. The third-order valence-corrected chi connectivity index (χ3v) is 30.0. The van der Waals surface area contributed by atoms with E-state index >= 15 is 0 Å². The number of pyridine rings is 7. The van der Waals surface area contributed by atoms with Crippen LogP contribution < -0.4 is 89.8 Å². The molecule has 17 heterocycles. The van der Waals surface area contributed by atoms with Crippen LogP contribution in [0.3, 0.4) is 0 Å². The van der Waals surface area contributed by atoms with Crippen LogP contribution in [0, 0.1) is 27.7 Å². The van der Waals surface area contributed by atoms with E-state index in [0.717, 1.165) is 242 Å². The highest BCUT2D eigenvalue weighted by molar-refractivity contribution is 7.22. The molecule has 5 fully saturated rings. The Hall–Kier alpha value is -11.0. The molecule has 16 N–H and O–H groups in total. The number of benzene rings is 1. The van der Waals surface area contributed by atoms with Crippen LogP contribution in [0.1, 0.15) is 159 Å². The van der Waals surface area contributed by atoms with Crippen molar-refractivity contribution in [3.05, 3.63) is 185 Å². The standard InChI is InChI=1S/C24H27N5O3S.3C23H28N6OS/c1-13-2-5-19-21(25)22(33-24(19)27-13)23(30)28-15-6-14-3-4-16(7-20(14)32-10-15)29-17-8-26-9-18(29)12-31-11-17;3*1-13-11-16(12-15-4-6-18(28-20(13)15)29-9-7-25-8-10-29)27-22(30)21-19(24)17-5-3-14(2)26-23(17)31-21/h2-5,7,15,17-18,26H,6,8-12,25H2,1H3,(H,28,30);3*3-6,13,16,25H,7-12,24H2,1-2H3,(H,27,30)/t15-,17?,18?;2*13-,16+;13-,16-/m1101/s1. The monoisotopic (exact) mass is 1770 g/mol. The normalized spacial score (nSPS) is 22.0. The summed E-state index contributed by atoms with van der Waals surface area (Å²) < 4.78 is 11.9. The highest BCUT2D eigenvalue weighted by Crippen LogP contribution is 2.42. The summed E-state index contributed by atoms with van der Waals surface area (Å²) in [5, 5.41) is 29.8. The molecule has 0 radical (unpaired) electrons. The van der Waals surface area contributed by atoms with Crippen molar-refractivity contribution < 1.29 is 28.7 Å². The van der Waals surface area contributed by atoms with Gasteiger partial charge in [-0.05, 0) is 168 Å². The molecule has 5 saturated heterocycles. The van der Waals surface area contributed by atoms with Gasteiger partial charge in [0.15, 0.2) is 0 Å². The second kappa shape index (κ2) is 37.1. The third kappa shape index (κ3) is 18.3. The minimum absolute atomic E-state index is 0.0705. The molecule has 1 aromatic carbocycles. The molecular weight excluding hydrogens is 1660 g/mol. The van der Waals surface area contributed by atoms with Gasteiger partial charge in [-0.1, -0.05) is 45.0 Å². The average molecular weight is 1780 g/mol. The summed E-state index contributed by atoms with van der Waals surface area (Å²) >= 11 is 5.44. The average Bonchev–Trinajstić information content (AvgIpc) is 1.56. The minimum atomic E-state index is -0.171. The summed E-state index contributed by atoms with van der Waals surface area (Å²) in [7, 11) is 0. The van der Waals surface area contributed by atoms with Gasteiger partial charge in [-0.2, -0.15) is 0 Å². The van der Waals surface area contributed by atoms with E-state index in [1.165, 1.54) is 84.8 Å². The van der Waals surface area contributed by atoms with Gasteiger partial charge in [0.05, 0.1) is 54.1 Å². The number of aromatic nitrogens is 7. The first-order valence-corrected chi connectivity index (χ1v) is 47.4. The lowest BCUT2D eigenvalue weighted by molar-refractivity contribution is 0.0527. The van der Waals surface area contributed by atoms with E-state index in [4.69, 9.17) is 47.4 Å². The zero-order chi connectivity index (χ0) is 87.1. The van der Waals surface area contributed by atoms with E-state index in [1.807, 2.05) is 76.2 Å². The molecule has 0 spiro atoms. The molecule has 0 saturated carbocycles. The number of nitrogen functional groups attached to an aromatic ring is 4. The van der Waals surface area contributed by atoms with Crippen molar-refractivity contribution >= 4 is 156 Å². The highest BCUT2D eigenvalue weighted by atomic mass is 32.1. The predicted molar refractivity (Wildman–Crippen MR) is 508 cm³/mol. The Labute approximate surface area is 748 Å². The smallest absolute Gasteiger partial charge is 0.263 e. The number of carbonyl (C=O) groups excluding carboxylic acids is 4. The molecule has 6 aliphatic heterocycles. The number of aryl methyl sites for hydroxylation is 4. The van der Waals surface area contributed by atoms with Gasteiger partial charge in [0.1, 0.15) is 68.6 Å². The number of rotatable bonds is 12. The summed E-state index contributed by atoms with van der Waals surface area (Å²) in [6.07, 6.45) is 5.73. The Kier molecular flexibility index (Phi) is 25.3. The molecule has 126 heavy (non-hydrogen) atoms. The van der Waals surface area contributed by atoms with Gasteiger partial charge < -0.3 is 94.5 Å². The molecule has 9 aliphatic rings. The predicted octanol–water partition coefficient (Wildman–Crippen LogP) is 10.6. The molecule has 12 aromatic rings. The number of nitrogens with one attached hydrogen (secondary N) is 8. The van der Waals surface area contributed by atoms with Crippen LogP contribution in [0.4, 0.5) is 45.9 Å². The summed E-state index contributed by atoms with van der Waals surface area (Å²) in [6.45, 7) is 30.1. The number of hydrogen-bond donors (Lipinski definition) is 12. The molecule has 2 bridgehead atoms. The van der Waals surface area contributed by atoms with Crippen LogP contribution in [0.2, 0.25) is 0 Å². The van der Waals surface area contributed by atoms with Gasteiger partial charge in [0.2, 0.25) is 0 Å². The van der Waals surface area contributed by atoms with Crippen molar-refractivity contribution in [3.8, 4) is 5.75 Å². The van der Waals surface area contributed by atoms with Crippen LogP contribution in [0.15, 0.2) is 103 Å². The maximum absolute atomic E-state index is 13.0. The first kappa shape index (κ1) is 85.8. The number of fused-ring (bicyclic) bond motifs is 10. The second-order valence-electron chi connectivity index (χ2n) is 34.9. The molecule has 2 unspecified atom stereocenters. The number of morpholine rings is 1. The number of carbonyl (C=O) groups is 4. The Balaban J connectivity index is 0.000000114. The molecule has 9 atom stereocenters. The molecule has 3 aliphatic carbocycles. The van der Waals surface area contributed by atoms with Crippen molar-refractivity contribution in [2.75, 3.05) is 154 Å². The molecular formula is C93H111N23O6S4. The lowest BCUT2D eigenvalue weighted by Gasteiger charge is -2.47. The topological polar surface area (TPSA) is 390 Å². The summed E-state index contributed by atoms with van der Waals surface area (Å²) in [4.78, 5) is 100. The molecule has 4 amide bonds. The molecule has 33 heteroatoms. The maximum atomic E-state index is 13.0. The Morgan fingerprint density at radius 2 is 0.690 bits per heavy atom. The molecule has 658 valence electrons. The Bertz CT molecular complexity index is 5650. The molecule has 29 nitrogen and oxygen atoms in total. The minimum Gasteiger partial charge on any atom is -0.491 e. The lowest BCUT2D eigenvalue weighted by atomic mass is 9.84. The number of thiophene rings is 4. The van der Waals surface area contributed by atoms with Gasteiger partial charge in [-0.3, -0.25) is 19.2 Å². The van der Waals surface area contributed by atoms with Crippen molar-refractivity contribution in [1.82, 2.24) is 77.4 Å². The largest absolute Gasteiger partial charge is 0.491 e. The SMILES string of the molecule is Cc1ccc2c(N)c(C(=O)N[C@@H]3Cc4ccc(N5CCNCC5)nc4[C@H](C)C3)sc2n1.Cc1ccc2c(N)c(C(=O)N[C@H]3COc4cc(N5C6CNCC5COC6)ccc4C3)sc2n1.Cc1ccc2c(N)c(C(=O)N[C@H]3Cc4ccc(N5CCNCC5)nc4[C@@H](C)C3)sc2n1.Cc1ccc2c(N)c(C(=O)N[C@H]3Cc4ccc(N5CCNCC5)nc4[C@H](C)C3)sc2n1. The summed E-state index contributed by atoms with van der Waals surface area (Å²) in [5.41, 5.74) is 40.3. The number of hydrogen-bond acceptors (Lipinski definition) is 29. The van der Waals surface area contributed by atoms with Gasteiger partial charge in [-0.25, -0.2) is 34.9 Å². The van der Waals surface area contributed by atoms with E-state index in [1.54, 1.807) is 0 Å². The fourth-order valence-corrected chi connectivity index (χ4v) is 23.3. The van der Waals surface area contributed by atoms with E-state index in [9.17, 15) is 19.2 Å². The van der Waals surface area contributed by atoms with Crippen LogP contribution in [-0.2, 0) is 30.4 Å². The zero-order valence-corrected chi connectivity index (χ0v) is 75.6. The van der Waals surface area contributed by atoms with Crippen LogP contribution in [0.5, 0.6) is 5.75 Å². The van der Waals surface area contributed by atoms with E-state index in [0.29, 0.717) is 78.7 Å². The van der Waals surface area contributed by atoms with Gasteiger partial charge in [0.25, 0.3) is 23.6 Å². The maximum Gasteiger partial charge on any atom is 0.263 e. The quantitative estimate of drug-likeness (QED) is 0.0540. The number of amides is 4. The van der Waals surface area contributed by atoms with Crippen molar-refractivity contribution in [2.24, 2.45) is 0 Å². The Morgan fingerprint density at radius 1 is 0.381 bits per heavy atom. The molecule has 11 aromatic heterocycles. The van der Waals surface area contributed by atoms with Gasteiger partial charge in [-0.15, -0.1) is 45.3 Å². The van der Waals surface area contributed by atoms with Crippen molar-refractivity contribution in [3.63, 3.8) is 0 Å². The summed E-state index contributed by atoms with van der Waals surface area (Å²) in [6, 6.07) is 35.6. The number of piperazine rings is 4. The fraction of sp³-hybridized carbons (Fsp3) is 0.430. The zero-order valence-electron chi connectivity index (χ0n) is 72.3. The van der Waals surface area contributed by atoms with E-state index in [2.05, 4.69) is 157 Å². The summed E-state index contributed by atoms with van der Waals surface area (Å²) in [5.74, 6) is 4.48. The van der Waals surface area contributed by atoms with Crippen molar-refractivity contribution in [2.45, 2.75) is 147 Å². The third-order valence-electron chi connectivity index (χ3n) is 25.5. The van der Waals surface area contributed by atoms with Crippen LogP contribution in [-0.4, -0.2) is 206 Å². The number of nitrogens with two attached hydrogens (primary N) is 4. The fourth-order valence-electron chi connectivity index (χ4n) is 19.1.